The van der Waals surface area contributed by atoms with E-state index in [1.165, 1.54) is 5.69 Å². The molecule has 0 aliphatic rings. The van der Waals surface area contributed by atoms with Crippen molar-refractivity contribution in [2.75, 3.05) is 26.5 Å². The molecule has 0 unspecified atom stereocenters. The van der Waals surface area contributed by atoms with E-state index in [0.29, 0.717) is 5.11 Å². The van der Waals surface area contributed by atoms with Gasteiger partial charge in [-0.1, -0.05) is 18.2 Å². The molecule has 2 aromatic rings. The predicted molar refractivity (Wildman–Crippen MR) is 99.4 cm³/mol. The van der Waals surface area contributed by atoms with Crippen LogP contribution in [-0.2, 0) is 0 Å². The third-order valence-corrected chi connectivity index (χ3v) is 3.27. The zero-order chi connectivity index (χ0) is 16.0. The van der Waals surface area contributed by atoms with Crippen molar-refractivity contribution in [2.24, 2.45) is 5.10 Å². The lowest BCUT2D eigenvalue weighted by Crippen LogP contribution is -3.00. The van der Waals surface area contributed by atoms with Crippen LogP contribution in [0.2, 0.25) is 0 Å². The van der Waals surface area contributed by atoms with Crippen molar-refractivity contribution in [1.29, 1.82) is 0 Å². The van der Waals surface area contributed by atoms with Gasteiger partial charge in [-0.25, -0.2) is 0 Å². The molecule has 122 valence electrons. The van der Waals surface area contributed by atoms with Gasteiger partial charge in [0, 0.05) is 5.69 Å². The molecular formula is C17H21IN4S. The largest absolute Gasteiger partial charge is 1.00 e. The number of benzene rings is 2. The molecule has 0 fully saturated rings. The SMILES string of the molecule is C[N+](C)(C)c1ccc(/C=N/NC(=S)Nc2ccccc2)cc1.[I-]. The molecular weight excluding hydrogens is 419 g/mol. The normalized spacial score (nSPS) is 10.9. The number of para-hydroxylation sites is 1. The highest BCUT2D eigenvalue weighted by Gasteiger charge is 2.10. The zero-order valence-electron chi connectivity index (χ0n) is 13.5. The maximum atomic E-state index is 5.18. The summed E-state index contributed by atoms with van der Waals surface area (Å²) in [4.78, 5) is 0. The van der Waals surface area contributed by atoms with Crippen LogP contribution in [0.15, 0.2) is 59.7 Å². The number of halogens is 1. The van der Waals surface area contributed by atoms with E-state index in [1.807, 2.05) is 42.5 Å². The Bertz CT molecular complexity index is 649. The predicted octanol–water partition coefficient (Wildman–Crippen LogP) is 0.208. The van der Waals surface area contributed by atoms with Crippen LogP contribution >= 0.6 is 12.2 Å². The molecule has 6 heteroatoms. The summed E-state index contributed by atoms with van der Waals surface area (Å²) >= 11 is 5.18. The van der Waals surface area contributed by atoms with Crippen molar-refractivity contribution in [3.63, 3.8) is 0 Å². The molecule has 2 aromatic carbocycles. The van der Waals surface area contributed by atoms with Gasteiger partial charge in [0.25, 0.3) is 0 Å². The number of nitrogens with zero attached hydrogens (tertiary/aromatic N) is 2. The first kappa shape index (κ1) is 19.5. The fourth-order valence-corrected chi connectivity index (χ4v) is 2.02. The molecule has 2 N–H and O–H groups in total. The first-order chi connectivity index (χ1) is 10.4. The second kappa shape index (κ2) is 8.95. The summed E-state index contributed by atoms with van der Waals surface area (Å²) < 4.78 is 0.792. The third-order valence-electron chi connectivity index (χ3n) is 3.08. The first-order valence-electron chi connectivity index (χ1n) is 7.02. The van der Waals surface area contributed by atoms with Gasteiger partial charge in [0.2, 0.25) is 0 Å². The van der Waals surface area contributed by atoms with Crippen LogP contribution in [0, 0.1) is 0 Å². The average molecular weight is 440 g/mol. The minimum Gasteiger partial charge on any atom is -1.00 e. The molecule has 0 radical (unpaired) electrons. The van der Waals surface area contributed by atoms with Gasteiger partial charge in [-0.05, 0) is 54.2 Å². The van der Waals surface area contributed by atoms with Crippen LogP contribution in [0.3, 0.4) is 0 Å². The van der Waals surface area contributed by atoms with Gasteiger partial charge < -0.3 is 29.3 Å². The Balaban J connectivity index is 0.00000264. The highest BCUT2D eigenvalue weighted by atomic mass is 127. The number of hydrogen-bond acceptors (Lipinski definition) is 2. The van der Waals surface area contributed by atoms with Crippen LogP contribution in [0.1, 0.15) is 5.56 Å². The summed E-state index contributed by atoms with van der Waals surface area (Å²) in [5.41, 5.74) is 6.01. The lowest BCUT2D eigenvalue weighted by molar-refractivity contribution is -0.00000461. The van der Waals surface area contributed by atoms with Gasteiger partial charge in [-0.3, -0.25) is 9.91 Å². The van der Waals surface area contributed by atoms with Gasteiger partial charge >= 0.3 is 0 Å². The second-order valence-corrected chi connectivity index (χ2v) is 6.20. The van der Waals surface area contributed by atoms with Crippen molar-refractivity contribution >= 4 is 34.9 Å². The number of hydrogen-bond donors (Lipinski definition) is 2. The van der Waals surface area contributed by atoms with Crippen molar-refractivity contribution in [3.8, 4) is 0 Å². The van der Waals surface area contributed by atoms with Crippen LogP contribution < -0.4 is 39.2 Å². The molecule has 0 saturated carbocycles. The van der Waals surface area contributed by atoms with Crippen molar-refractivity contribution in [3.05, 3.63) is 60.2 Å². The van der Waals surface area contributed by atoms with Gasteiger partial charge in [-0.2, -0.15) is 5.10 Å². The molecule has 0 atom stereocenters. The van der Waals surface area contributed by atoms with E-state index in [-0.39, 0.29) is 24.0 Å². The summed E-state index contributed by atoms with van der Waals surface area (Å²) in [5, 5.41) is 7.67. The number of anilines is 1. The van der Waals surface area contributed by atoms with Crippen LogP contribution in [-0.4, -0.2) is 32.5 Å². The smallest absolute Gasteiger partial charge is 0.191 e. The summed E-state index contributed by atoms with van der Waals surface area (Å²) in [7, 11) is 6.41. The van der Waals surface area contributed by atoms with E-state index in [0.717, 1.165) is 15.7 Å². The quantitative estimate of drug-likeness (QED) is 0.235. The highest BCUT2D eigenvalue weighted by Crippen LogP contribution is 2.16. The second-order valence-electron chi connectivity index (χ2n) is 5.79. The molecule has 4 nitrogen and oxygen atoms in total. The molecule has 0 aliphatic heterocycles. The summed E-state index contributed by atoms with van der Waals surface area (Å²) in [6.45, 7) is 0. The fraction of sp³-hybridized carbons (Fsp3) is 0.176. The Kier molecular flexibility index (Phi) is 7.60. The number of rotatable bonds is 4. The van der Waals surface area contributed by atoms with Gasteiger partial charge in [0.05, 0.1) is 27.4 Å². The van der Waals surface area contributed by atoms with E-state index in [4.69, 9.17) is 12.2 Å². The Morgan fingerprint density at radius 1 is 1.00 bits per heavy atom. The third kappa shape index (κ3) is 6.64. The topological polar surface area (TPSA) is 36.4 Å². The van der Waals surface area contributed by atoms with Crippen molar-refractivity contribution in [2.45, 2.75) is 0 Å². The lowest BCUT2D eigenvalue weighted by Gasteiger charge is -2.23. The Hall–Kier alpha value is -1.51. The number of quaternary nitrogens is 1. The number of hydrazone groups is 1. The Morgan fingerprint density at radius 3 is 2.17 bits per heavy atom. The highest BCUT2D eigenvalue weighted by molar-refractivity contribution is 7.80. The maximum Gasteiger partial charge on any atom is 0.191 e. The summed E-state index contributed by atoms with van der Waals surface area (Å²) in [5.74, 6) is 0. The molecule has 23 heavy (non-hydrogen) atoms. The molecule has 0 saturated heterocycles. The van der Waals surface area contributed by atoms with E-state index < -0.39 is 0 Å². The van der Waals surface area contributed by atoms with Gasteiger partial charge in [0.15, 0.2) is 5.11 Å². The number of thiocarbonyl (C=S) groups is 1. The maximum absolute atomic E-state index is 5.18. The zero-order valence-corrected chi connectivity index (χ0v) is 16.4. The molecule has 0 aromatic heterocycles. The molecule has 0 amide bonds. The van der Waals surface area contributed by atoms with Crippen LogP contribution in [0.4, 0.5) is 11.4 Å². The molecule has 2 rings (SSSR count). The summed E-state index contributed by atoms with van der Waals surface area (Å²) in [6, 6.07) is 18.0. The van der Waals surface area contributed by atoms with Crippen LogP contribution in [0.5, 0.6) is 0 Å². The molecule has 0 bridgehead atoms. The Morgan fingerprint density at radius 2 is 1.61 bits per heavy atom. The van der Waals surface area contributed by atoms with E-state index >= 15 is 0 Å². The van der Waals surface area contributed by atoms with Gasteiger partial charge in [0.1, 0.15) is 5.69 Å². The minimum atomic E-state index is 0. The first-order valence-corrected chi connectivity index (χ1v) is 7.43. The minimum absolute atomic E-state index is 0. The molecule has 0 aliphatic carbocycles. The number of nitrogens with one attached hydrogen (secondary N) is 2. The van der Waals surface area contributed by atoms with E-state index in [2.05, 4.69) is 49.1 Å². The van der Waals surface area contributed by atoms with E-state index in [1.54, 1.807) is 6.21 Å². The van der Waals surface area contributed by atoms with Crippen molar-refractivity contribution < 1.29 is 24.0 Å². The standard InChI is InChI=1S/C17H20N4S.HI/c1-21(2,3)16-11-9-14(10-12-16)13-18-20-17(22)19-15-7-5-4-6-8-15;/h4-13H,1-3H3,(H-,19,20,22);1H/b18-13+;. The summed E-state index contributed by atoms with van der Waals surface area (Å²) in [6.07, 6.45) is 1.75. The van der Waals surface area contributed by atoms with Crippen LogP contribution in [0.25, 0.3) is 0 Å². The van der Waals surface area contributed by atoms with E-state index in [9.17, 15) is 0 Å². The molecule has 0 spiro atoms. The van der Waals surface area contributed by atoms with Crippen molar-refractivity contribution in [1.82, 2.24) is 9.91 Å². The monoisotopic (exact) mass is 440 g/mol. The lowest BCUT2D eigenvalue weighted by atomic mass is 10.2. The fourth-order valence-electron chi connectivity index (χ4n) is 1.85. The molecule has 0 heterocycles. The van der Waals surface area contributed by atoms with Gasteiger partial charge in [-0.15, -0.1) is 0 Å². The average Bonchev–Trinajstić information content (AvgIpc) is 2.48. The Labute approximate surface area is 160 Å².